The SMILES string of the molecule is C=C1CC[C@@H]2O[C@@]2(C)CC[C@H]2[C@H]1C(=O)O[C@@]2(/C=C/[C@H]1OC1(C)C)COC(C)=O. The predicted molar refractivity (Wildman–Crippen MR) is 101 cm³/mol. The van der Waals surface area contributed by atoms with Crippen molar-refractivity contribution in [2.24, 2.45) is 11.8 Å². The first-order chi connectivity index (χ1) is 13.1. The molecule has 1 saturated carbocycles. The number of epoxide rings is 2. The van der Waals surface area contributed by atoms with E-state index in [0.29, 0.717) is 0 Å². The normalized spacial score (nSPS) is 44.0. The fraction of sp³-hybridized carbons (Fsp3) is 0.727. The van der Waals surface area contributed by atoms with Gasteiger partial charge >= 0.3 is 11.9 Å². The number of hydrogen-bond acceptors (Lipinski definition) is 6. The van der Waals surface area contributed by atoms with Gasteiger partial charge in [-0.1, -0.05) is 18.2 Å². The number of hydrogen-bond donors (Lipinski definition) is 0. The van der Waals surface area contributed by atoms with Gasteiger partial charge in [-0.3, -0.25) is 9.59 Å². The van der Waals surface area contributed by atoms with Crippen LogP contribution in [0.2, 0.25) is 0 Å². The zero-order valence-corrected chi connectivity index (χ0v) is 17.2. The molecule has 3 heterocycles. The van der Waals surface area contributed by atoms with Gasteiger partial charge in [0.15, 0.2) is 5.60 Å². The van der Waals surface area contributed by atoms with Crippen molar-refractivity contribution in [3.63, 3.8) is 0 Å². The molecular formula is C22H30O6. The number of rotatable bonds is 4. The average Bonchev–Trinajstić information content (AvgIpc) is 3.41. The highest BCUT2D eigenvalue weighted by atomic mass is 16.6. The van der Waals surface area contributed by atoms with Crippen molar-refractivity contribution in [3.05, 3.63) is 24.3 Å². The fourth-order valence-electron chi connectivity index (χ4n) is 4.80. The van der Waals surface area contributed by atoms with E-state index in [1.54, 1.807) is 0 Å². The Morgan fingerprint density at radius 1 is 1.29 bits per heavy atom. The molecule has 4 fully saturated rings. The van der Waals surface area contributed by atoms with Crippen LogP contribution >= 0.6 is 0 Å². The van der Waals surface area contributed by atoms with E-state index in [2.05, 4.69) is 13.5 Å². The molecule has 0 aromatic heterocycles. The van der Waals surface area contributed by atoms with Crippen LogP contribution in [0.25, 0.3) is 0 Å². The molecule has 0 amide bonds. The van der Waals surface area contributed by atoms with Gasteiger partial charge in [-0.15, -0.1) is 0 Å². The molecule has 154 valence electrons. The van der Waals surface area contributed by atoms with Crippen molar-refractivity contribution in [2.45, 2.75) is 82.4 Å². The van der Waals surface area contributed by atoms with Crippen LogP contribution in [0, 0.1) is 11.8 Å². The predicted octanol–water partition coefficient (Wildman–Crippen LogP) is 3.10. The second-order valence-corrected chi connectivity index (χ2v) is 9.40. The first kappa shape index (κ1) is 19.6. The molecule has 0 radical (unpaired) electrons. The number of carbonyl (C=O) groups is 2. The third-order valence-corrected chi connectivity index (χ3v) is 6.84. The van der Waals surface area contributed by atoms with Crippen LogP contribution in [0.1, 0.15) is 53.4 Å². The van der Waals surface area contributed by atoms with E-state index in [1.807, 2.05) is 26.0 Å². The number of esters is 2. The van der Waals surface area contributed by atoms with Crippen LogP contribution in [0.3, 0.4) is 0 Å². The summed E-state index contributed by atoms with van der Waals surface area (Å²) in [6.45, 7) is 11.7. The minimum atomic E-state index is -0.997. The molecule has 6 atom stereocenters. The van der Waals surface area contributed by atoms with Gasteiger partial charge in [-0.05, 0) is 52.5 Å². The summed E-state index contributed by atoms with van der Waals surface area (Å²) < 4.78 is 22.9. The molecule has 4 aliphatic rings. The summed E-state index contributed by atoms with van der Waals surface area (Å²) in [5.74, 6) is -1.20. The maximum absolute atomic E-state index is 12.9. The molecule has 28 heavy (non-hydrogen) atoms. The van der Waals surface area contributed by atoms with Gasteiger partial charge in [0.1, 0.15) is 12.7 Å². The quantitative estimate of drug-likeness (QED) is 0.417. The van der Waals surface area contributed by atoms with Crippen LogP contribution in [0.5, 0.6) is 0 Å². The van der Waals surface area contributed by atoms with Crippen LogP contribution < -0.4 is 0 Å². The third-order valence-electron chi connectivity index (χ3n) is 6.84. The Kier molecular flexibility index (Phi) is 4.51. The van der Waals surface area contributed by atoms with Crippen molar-refractivity contribution < 1.29 is 28.5 Å². The van der Waals surface area contributed by atoms with Crippen molar-refractivity contribution in [1.29, 1.82) is 0 Å². The molecule has 6 heteroatoms. The lowest BCUT2D eigenvalue weighted by Crippen LogP contribution is -2.41. The number of cyclic esters (lactones) is 1. The Morgan fingerprint density at radius 3 is 2.64 bits per heavy atom. The minimum absolute atomic E-state index is 0.00711. The summed E-state index contributed by atoms with van der Waals surface area (Å²) in [6.07, 6.45) is 7.22. The van der Waals surface area contributed by atoms with Crippen molar-refractivity contribution >= 4 is 11.9 Å². The molecule has 0 aromatic carbocycles. The van der Waals surface area contributed by atoms with Gasteiger partial charge in [-0.25, -0.2) is 0 Å². The van der Waals surface area contributed by atoms with Gasteiger partial charge < -0.3 is 18.9 Å². The molecule has 6 nitrogen and oxygen atoms in total. The summed E-state index contributed by atoms with van der Waals surface area (Å²) in [7, 11) is 0. The molecule has 0 aromatic rings. The standard InChI is InChI=1S/C22H30O6/c1-13-6-7-17-21(5,27-17)10-8-15-18(13)19(24)28-22(15,12-25-14(2)23)11-9-16-20(3,4)26-16/h9,11,15-18H,1,6-8,10,12H2,2-5H3/b11-9+/t15-,16+,17-,18-,21-,22-/m0/s1. The highest BCUT2D eigenvalue weighted by Gasteiger charge is 2.60. The zero-order chi connectivity index (χ0) is 20.3. The summed E-state index contributed by atoms with van der Waals surface area (Å²) >= 11 is 0. The lowest BCUT2D eigenvalue weighted by atomic mass is 9.74. The molecule has 0 N–H and O–H groups in total. The molecule has 0 bridgehead atoms. The van der Waals surface area contributed by atoms with Gasteiger partial charge in [-0.2, -0.15) is 0 Å². The molecule has 3 saturated heterocycles. The summed E-state index contributed by atoms with van der Waals surface area (Å²) in [5.41, 5.74) is -0.468. The first-order valence-corrected chi connectivity index (χ1v) is 10.2. The largest absolute Gasteiger partial charge is 0.461 e. The van der Waals surface area contributed by atoms with E-state index < -0.39 is 11.6 Å². The molecule has 1 aliphatic carbocycles. The Morgan fingerprint density at radius 2 is 2.00 bits per heavy atom. The van der Waals surface area contributed by atoms with E-state index in [4.69, 9.17) is 18.9 Å². The Labute approximate surface area is 166 Å². The van der Waals surface area contributed by atoms with Crippen molar-refractivity contribution in [2.75, 3.05) is 6.61 Å². The lowest BCUT2D eigenvalue weighted by Gasteiger charge is -2.32. The van der Waals surface area contributed by atoms with E-state index in [-0.39, 0.29) is 47.8 Å². The highest BCUT2D eigenvalue weighted by Crippen LogP contribution is 2.52. The molecule has 0 spiro atoms. The highest BCUT2D eigenvalue weighted by molar-refractivity contribution is 5.80. The molecule has 4 rings (SSSR count). The van der Waals surface area contributed by atoms with Crippen molar-refractivity contribution in [3.8, 4) is 0 Å². The Bertz CT molecular complexity index is 739. The number of carbonyl (C=O) groups excluding carboxylic acids is 2. The summed E-state index contributed by atoms with van der Waals surface area (Å²) in [5, 5.41) is 0. The van der Waals surface area contributed by atoms with Gasteiger partial charge in [0.2, 0.25) is 0 Å². The molecule has 3 aliphatic heterocycles. The maximum atomic E-state index is 12.9. The number of fused-ring (bicyclic) bond motifs is 2. The van der Waals surface area contributed by atoms with Gasteiger partial charge in [0, 0.05) is 12.8 Å². The van der Waals surface area contributed by atoms with E-state index in [0.717, 1.165) is 31.3 Å². The van der Waals surface area contributed by atoms with Crippen LogP contribution in [0.4, 0.5) is 0 Å². The average molecular weight is 390 g/mol. The zero-order valence-electron chi connectivity index (χ0n) is 17.2. The van der Waals surface area contributed by atoms with Crippen molar-refractivity contribution in [1.82, 2.24) is 0 Å². The van der Waals surface area contributed by atoms with Crippen LogP contribution in [-0.2, 0) is 28.5 Å². The number of ether oxygens (including phenoxy) is 4. The van der Waals surface area contributed by atoms with E-state index in [1.165, 1.54) is 6.92 Å². The Balaban J connectivity index is 1.65. The van der Waals surface area contributed by atoms with E-state index in [9.17, 15) is 9.59 Å². The monoisotopic (exact) mass is 390 g/mol. The maximum Gasteiger partial charge on any atom is 0.314 e. The second kappa shape index (κ2) is 6.42. The fourth-order valence-corrected chi connectivity index (χ4v) is 4.80. The van der Waals surface area contributed by atoms with Crippen LogP contribution in [0.15, 0.2) is 24.3 Å². The van der Waals surface area contributed by atoms with Gasteiger partial charge in [0.25, 0.3) is 0 Å². The first-order valence-electron chi connectivity index (χ1n) is 10.2. The smallest absolute Gasteiger partial charge is 0.314 e. The summed E-state index contributed by atoms with van der Waals surface area (Å²) in [4.78, 5) is 24.4. The van der Waals surface area contributed by atoms with E-state index >= 15 is 0 Å². The Hall–Kier alpha value is -1.66. The third kappa shape index (κ3) is 3.41. The molecule has 0 unspecified atom stereocenters. The van der Waals surface area contributed by atoms with Gasteiger partial charge in [0.05, 0.1) is 23.2 Å². The summed E-state index contributed by atoms with van der Waals surface area (Å²) in [6, 6.07) is 0. The molecular weight excluding hydrogens is 360 g/mol. The topological polar surface area (TPSA) is 77.7 Å². The van der Waals surface area contributed by atoms with Crippen LogP contribution in [-0.4, -0.2) is 47.6 Å². The minimum Gasteiger partial charge on any atom is -0.461 e. The lowest BCUT2D eigenvalue weighted by molar-refractivity contribution is -0.159. The second-order valence-electron chi connectivity index (χ2n) is 9.40.